The van der Waals surface area contributed by atoms with Crippen molar-refractivity contribution in [3.63, 3.8) is 0 Å². The van der Waals surface area contributed by atoms with E-state index in [-0.39, 0.29) is 4.90 Å². The summed E-state index contributed by atoms with van der Waals surface area (Å²) >= 11 is 5.80. The number of halogens is 1. The highest BCUT2D eigenvalue weighted by Crippen LogP contribution is 2.25. The van der Waals surface area contributed by atoms with Crippen LogP contribution in [-0.4, -0.2) is 21.5 Å². The number of anilines is 2. The molecule has 0 fully saturated rings. The molecule has 0 saturated carbocycles. The van der Waals surface area contributed by atoms with Gasteiger partial charge in [-0.25, -0.2) is 8.42 Å². The van der Waals surface area contributed by atoms with Crippen molar-refractivity contribution in [3.8, 4) is 0 Å². The lowest BCUT2D eigenvalue weighted by molar-refractivity contribution is 0.601. The van der Waals surface area contributed by atoms with E-state index in [1.165, 1.54) is 12.1 Å². The van der Waals surface area contributed by atoms with Gasteiger partial charge in [0.1, 0.15) is 0 Å². The van der Waals surface area contributed by atoms with Gasteiger partial charge >= 0.3 is 0 Å². The highest BCUT2D eigenvalue weighted by atomic mass is 35.5. The van der Waals surface area contributed by atoms with E-state index >= 15 is 0 Å². The first-order valence-electron chi connectivity index (χ1n) is 7.51. The van der Waals surface area contributed by atoms with Crippen molar-refractivity contribution in [2.45, 2.75) is 25.7 Å². The minimum Gasteiger partial charge on any atom is -0.372 e. The third-order valence-corrected chi connectivity index (χ3v) is 5.34. The van der Waals surface area contributed by atoms with Crippen LogP contribution in [0.25, 0.3) is 0 Å². The van der Waals surface area contributed by atoms with E-state index in [0.29, 0.717) is 10.7 Å². The van der Waals surface area contributed by atoms with Gasteiger partial charge in [-0.15, -0.1) is 0 Å². The fourth-order valence-corrected chi connectivity index (χ4v) is 3.62. The van der Waals surface area contributed by atoms with E-state index in [0.717, 1.165) is 24.3 Å². The number of rotatable bonds is 6. The second kappa shape index (κ2) is 7.23. The predicted molar refractivity (Wildman–Crippen MR) is 97.0 cm³/mol. The quantitative estimate of drug-likeness (QED) is 0.843. The zero-order chi connectivity index (χ0) is 17.0. The lowest BCUT2D eigenvalue weighted by Crippen LogP contribution is -2.22. The van der Waals surface area contributed by atoms with Gasteiger partial charge in [0.2, 0.25) is 0 Å². The van der Waals surface area contributed by atoms with Crippen molar-refractivity contribution in [2.75, 3.05) is 22.7 Å². The molecule has 23 heavy (non-hydrogen) atoms. The van der Waals surface area contributed by atoms with Gasteiger partial charge < -0.3 is 4.90 Å². The summed E-state index contributed by atoms with van der Waals surface area (Å²) in [6.07, 6.45) is 0. The van der Waals surface area contributed by atoms with Crippen molar-refractivity contribution in [1.29, 1.82) is 0 Å². The number of hydrogen-bond acceptors (Lipinski definition) is 3. The molecular formula is C17H21ClN2O2S. The van der Waals surface area contributed by atoms with Crippen LogP contribution in [0.3, 0.4) is 0 Å². The first-order valence-corrected chi connectivity index (χ1v) is 9.37. The van der Waals surface area contributed by atoms with E-state index < -0.39 is 10.0 Å². The third kappa shape index (κ3) is 4.18. The maximum Gasteiger partial charge on any atom is 0.261 e. The molecule has 0 saturated heterocycles. The zero-order valence-corrected chi connectivity index (χ0v) is 15.1. The lowest BCUT2D eigenvalue weighted by atomic mass is 10.1. The Morgan fingerprint density at radius 3 is 2.17 bits per heavy atom. The molecule has 0 radical (unpaired) electrons. The number of sulfonamides is 1. The van der Waals surface area contributed by atoms with Gasteiger partial charge in [0.25, 0.3) is 10.0 Å². The van der Waals surface area contributed by atoms with Crippen molar-refractivity contribution in [3.05, 3.63) is 53.1 Å². The monoisotopic (exact) mass is 352 g/mol. The molecule has 124 valence electrons. The minimum absolute atomic E-state index is 0.189. The minimum atomic E-state index is -3.62. The summed E-state index contributed by atoms with van der Waals surface area (Å²) < 4.78 is 27.5. The van der Waals surface area contributed by atoms with E-state index in [1.54, 1.807) is 18.2 Å². The Morgan fingerprint density at radius 1 is 1.04 bits per heavy atom. The summed E-state index contributed by atoms with van der Waals surface area (Å²) in [5.74, 6) is 0. The molecule has 1 N–H and O–H groups in total. The molecule has 4 nitrogen and oxygen atoms in total. The van der Waals surface area contributed by atoms with E-state index in [9.17, 15) is 8.42 Å². The third-order valence-electron chi connectivity index (χ3n) is 3.71. The van der Waals surface area contributed by atoms with Gasteiger partial charge in [-0.05, 0) is 68.8 Å². The Morgan fingerprint density at radius 2 is 1.65 bits per heavy atom. The van der Waals surface area contributed by atoms with Gasteiger partial charge in [0.15, 0.2) is 0 Å². The Hall–Kier alpha value is -1.72. The van der Waals surface area contributed by atoms with Crippen LogP contribution in [0.2, 0.25) is 5.02 Å². The molecule has 2 rings (SSSR count). The normalized spacial score (nSPS) is 11.3. The van der Waals surface area contributed by atoms with Gasteiger partial charge in [0, 0.05) is 23.8 Å². The molecule has 0 aliphatic heterocycles. The molecule has 2 aromatic rings. The molecular weight excluding hydrogens is 332 g/mol. The van der Waals surface area contributed by atoms with Crippen LogP contribution in [0.5, 0.6) is 0 Å². The molecule has 0 amide bonds. The number of hydrogen-bond donors (Lipinski definition) is 1. The molecule has 0 spiro atoms. The average Bonchev–Trinajstić information content (AvgIpc) is 2.51. The fraction of sp³-hybridized carbons (Fsp3) is 0.294. The first kappa shape index (κ1) is 17.6. The fourth-order valence-electron chi connectivity index (χ4n) is 2.37. The number of nitrogens with one attached hydrogen (secondary N) is 1. The predicted octanol–water partition coefficient (Wildman–Crippen LogP) is 4.30. The summed E-state index contributed by atoms with van der Waals surface area (Å²) in [4.78, 5) is 2.40. The first-order chi connectivity index (χ1) is 10.9. The van der Waals surface area contributed by atoms with Crippen LogP contribution in [0.4, 0.5) is 11.4 Å². The SMILES string of the molecule is CCN(CC)c1ccc(NS(=O)(=O)c2ccc(Cl)cc2)c(C)c1. The Balaban J connectivity index is 2.27. The van der Waals surface area contributed by atoms with Crippen LogP contribution in [0.15, 0.2) is 47.4 Å². The van der Waals surface area contributed by atoms with Crippen LogP contribution >= 0.6 is 11.6 Å². The second-order valence-corrected chi connectivity index (χ2v) is 7.35. The van der Waals surface area contributed by atoms with Crippen molar-refractivity contribution >= 4 is 33.0 Å². The van der Waals surface area contributed by atoms with E-state index in [4.69, 9.17) is 11.6 Å². The second-order valence-electron chi connectivity index (χ2n) is 5.23. The van der Waals surface area contributed by atoms with Gasteiger partial charge in [0.05, 0.1) is 10.6 Å². The Kier molecular flexibility index (Phi) is 5.55. The lowest BCUT2D eigenvalue weighted by Gasteiger charge is -2.22. The summed E-state index contributed by atoms with van der Waals surface area (Å²) in [7, 11) is -3.62. The van der Waals surface area contributed by atoms with E-state index in [1.807, 2.05) is 19.1 Å². The number of aryl methyl sites for hydroxylation is 1. The molecule has 0 aliphatic carbocycles. The van der Waals surface area contributed by atoms with Crippen LogP contribution in [0, 0.1) is 6.92 Å². The summed E-state index contributed by atoms with van der Waals surface area (Å²) in [6, 6.07) is 11.8. The highest BCUT2D eigenvalue weighted by molar-refractivity contribution is 7.92. The zero-order valence-electron chi connectivity index (χ0n) is 13.5. The van der Waals surface area contributed by atoms with Crippen molar-refractivity contribution < 1.29 is 8.42 Å². The molecule has 0 unspecified atom stereocenters. The van der Waals surface area contributed by atoms with Crippen LogP contribution in [-0.2, 0) is 10.0 Å². The highest BCUT2D eigenvalue weighted by Gasteiger charge is 2.15. The average molecular weight is 353 g/mol. The Labute approximate surface area is 143 Å². The molecule has 0 heterocycles. The van der Waals surface area contributed by atoms with Crippen LogP contribution < -0.4 is 9.62 Å². The number of nitrogens with zero attached hydrogens (tertiary/aromatic N) is 1. The van der Waals surface area contributed by atoms with Gasteiger partial charge in [-0.2, -0.15) is 0 Å². The maximum absolute atomic E-state index is 12.4. The summed E-state index contributed by atoms with van der Waals surface area (Å²) in [5, 5.41) is 0.503. The smallest absolute Gasteiger partial charge is 0.261 e. The molecule has 6 heteroatoms. The number of benzene rings is 2. The molecule has 0 aliphatic rings. The van der Waals surface area contributed by atoms with E-state index in [2.05, 4.69) is 23.5 Å². The largest absolute Gasteiger partial charge is 0.372 e. The van der Waals surface area contributed by atoms with Gasteiger partial charge in [-0.3, -0.25) is 4.72 Å². The van der Waals surface area contributed by atoms with Gasteiger partial charge in [-0.1, -0.05) is 11.6 Å². The molecule has 2 aromatic carbocycles. The van der Waals surface area contributed by atoms with Crippen molar-refractivity contribution in [1.82, 2.24) is 0 Å². The molecule has 0 bridgehead atoms. The van der Waals surface area contributed by atoms with Crippen molar-refractivity contribution in [2.24, 2.45) is 0 Å². The Bertz CT molecular complexity index is 770. The topological polar surface area (TPSA) is 49.4 Å². The summed E-state index contributed by atoms with van der Waals surface area (Å²) in [6.45, 7) is 7.90. The molecule has 0 aromatic heterocycles. The maximum atomic E-state index is 12.4. The summed E-state index contributed by atoms with van der Waals surface area (Å²) in [5.41, 5.74) is 2.55. The molecule has 0 atom stereocenters. The van der Waals surface area contributed by atoms with Crippen LogP contribution in [0.1, 0.15) is 19.4 Å². The standard InChI is InChI=1S/C17H21ClN2O2S/c1-4-20(5-2)15-8-11-17(13(3)12-15)19-23(21,22)16-9-6-14(18)7-10-16/h6-12,19H,4-5H2,1-3H3.